The van der Waals surface area contributed by atoms with Crippen molar-refractivity contribution >= 4 is 17.4 Å². The highest BCUT2D eigenvalue weighted by molar-refractivity contribution is 5.96. The fraction of sp³-hybridized carbons (Fsp3) is 0.692. The van der Waals surface area contributed by atoms with Gasteiger partial charge in [-0.2, -0.15) is 5.10 Å². The molecule has 1 aromatic heterocycles. The Morgan fingerprint density at radius 3 is 2.72 bits per heavy atom. The van der Waals surface area contributed by atoms with Crippen LogP contribution in [0, 0.1) is 11.3 Å². The first-order valence-electron chi connectivity index (χ1n) is 6.64. The van der Waals surface area contributed by atoms with E-state index in [1.807, 2.05) is 0 Å². The highest BCUT2D eigenvalue weighted by atomic mass is 16.2. The van der Waals surface area contributed by atoms with Gasteiger partial charge in [0.2, 0.25) is 5.91 Å². The molecule has 0 unspecified atom stereocenters. The molecule has 0 aromatic carbocycles. The number of aromatic amines is 1. The average Bonchev–Trinajstić information content (AvgIpc) is 2.89. The van der Waals surface area contributed by atoms with Crippen LogP contribution in [0.1, 0.15) is 46.0 Å². The summed E-state index contributed by atoms with van der Waals surface area (Å²) >= 11 is 0. The van der Waals surface area contributed by atoms with Crippen molar-refractivity contribution in [1.29, 1.82) is 0 Å². The monoisotopic (exact) mass is 250 g/mol. The molecule has 5 nitrogen and oxygen atoms in total. The lowest BCUT2D eigenvalue weighted by atomic mass is 9.77. The second-order valence-corrected chi connectivity index (χ2v) is 5.74. The Morgan fingerprint density at radius 2 is 2.22 bits per heavy atom. The molecule has 1 fully saturated rings. The molecule has 1 aliphatic carbocycles. The summed E-state index contributed by atoms with van der Waals surface area (Å²) in [6.45, 7) is 4.33. The van der Waals surface area contributed by atoms with Gasteiger partial charge < -0.3 is 11.1 Å². The lowest BCUT2D eigenvalue weighted by Gasteiger charge is -2.29. The van der Waals surface area contributed by atoms with Crippen molar-refractivity contribution in [2.24, 2.45) is 11.3 Å². The van der Waals surface area contributed by atoms with Crippen LogP contribution in [0.2, 0.25) is 0 Å². The summed E-state index contributed by atoms with van der Waals surface area (Å²) in [5, 5.41) is 9.44. The molecule has 5 heteroatoms. The van der Waals surface area contributed by atoms with Crippen molar-refractivity contribution in [1.82, 2.24) is 10.2 Å². The molecule has 0 aliphatic heterocycles. The molecule has 100 valence electrons. The molecule has 4 N–H and O–H groups in total. The fourth-order valence-electron chi connectivity index (χ4n) is 3.00. The maximum Gasteiger partial charge on any atom is 0.231 e. The van der Waals surface area contributed by atoms with Gasteiger partial charge >= 0.3 is 0 Å². The molecule has 1 amide bonds. The number of anilines is 2. The molecule has 1 saturated carbocycles. The van der Waals surface area contributed by atoms with E-state index in [4.69, 9.17) is 5.73 Å². The van der Waals surface area contributed by atoms with Crippen LogP contribution >= 0.6 is 0 Å². The molecule has 0 atom stereocenters. The van der Waals surface area contributed by atoms with Crippen LogP contribution in [0.5, 0.6) is 0 Å². The minimum atomic E-state index is -0.217. The molecular formula is C13H22N4O. The number of carbonyl (C=O) groups is 1. The summed E-state index contributed by atoms with van der Waals surface area (Å²) in [5.41, 5.74) is 5.99. The van der Waals surface area contributed by atoms with Gasteiger partial charge in [-0.1, -0.05) is 26.7 Å². The average molecular weight is 250 g/mol. The summed E-state index contributed by atoms with van der Waals surface area (Å²) in [6.07, 6.45) is 6.68. The predicted molar refractivity (Wildman–Crippen MR) is 72.0 cm³/mol. The first kappa shape index (κ1) is 12.9. The van der Waals surface area contributed by atoms with Crippen LogP contribution in [0.15, 0.2) is 6.20 Å². The number of nitrogen functional groups attached to an aromatic ring is 1. The van der Waals surface area contributed by atoms with E-state index in [9.17, 15) is 4.79 Å². The smallest absolute Gasteiger partial charge is 0.231 e. The zero-order valence-corrected chi connectivity index (χ0v) is 11.1. The number of amides is 1. The van der Waals surface area contributed by atoms with Crippen LogP contribution in [-0.2, 0) is 4.79 Å². The molecule has 0 bridgehead atoms. The number of hydrogen-bond acceptors (Lipinski definition) is 3. The molecular weight excluding hydrogens is 228 g/mol. The first-order chi connectivity index (χ1) is 8.53. The maximum absolute atomic E-state index is 12.5. The van der Waals surface area contributed by atoms with Gasteiger partial charge in [0.1, 0.15) is 0 Å². The van der Waals surface area contributed by atoms with Gasteiger partial charge in [0.15, 0.2) is 5.82 Å². The van der Waals surface area contributed by atoms with E-state index >= 15 is 0 Å². The molecule has 18 heavy (non-hydrogen) atoms. The number of hydrogen-bond donors (Lipinski definition) is 3. The quantitative estimate of drug-likeness (QED) is 0.767. The predicted octanol–water partition coefficient (Wildman–Crippen LogP) is 2.54. The lowest BCUT2D eigenvalue weighted by Crippen LogP contribution is -2.35. The van der Waals surface area contributed by atoms with Crippen LogP contribution in [0.3, 0.4) is 0 Å². The third kappa shape index (κ3) is 2.49. The minimum absolute atomic E-state index is 0.0876. The number of rotatable bonds is 4. The standard InChI is InChI=1S/C13H22N4O/c1-9(2)7-13(5-3-4-6-13)12(18)16-11-10(14)8-15-17-11/h8-9H,3-7,14H2,1-2H3,(H2,15,16,17,18). The molecule has 1 aliphatic rings. The van der Waals surface area contributed by atoms with Gasteiger partial charge in [-0.15, -0.1) is 0 Å². The Morgan fingerprint density at radius 1 is 1.56 bits per heavy atom. The summed E-state index contributed by atoms with van der Waals surface area (Å²) in [7, 11) is 0. The second kappa shape index (κ2) is 5.00. The van der Waals surface area contributed by atoms with Crippen molar-refractivity contribution in [2.45, 2.75) is 46.0 Å². The van der Waals surface area contributed by atoms with Crippen molar-refractivity contribution in [3.05, 3.63) is 6.20 Å². The molecule has 1 heterocycles. The van der Waals surface area contributed by atoms with Crippen LogP contribution in [0.4, 0.5) is 11.5 Å². The molecule has 0 spiro atoms. The van der Waals surface area contributed by atoms with Gasteiger partial charge in [-0.05, 0) is 25.2 Å². The fourth-order valence-corrected chi connectivity index (χ4v) is 3.00. The van der Waals surface area contributed by atoms with E-state index in [0.29, 0.717) is 17.4 Å². The van der Waals surface area contributed by atoms with E-state index < -0.39 is 0 Å². The third-order valence-electron chi connectivity index (χ3n) is 3.75. The highest BCUT2D eigenvalue weighted by Crippen LogP contribution is 2.44. The van der Waals surface area contributed by atoms with E-state index in [1.165, 1.54) is 6.20 Å². The number of H-pyrrole nitrogens is 1. The van der Waals surface area contributed by atoms with Crippen LogP contribution in [0.25, 0.3) is 0 Å². The number of nitrogens with one attached hydrogen (secondary N) is 2. The summed E-state index contributed by atoms with van der Waals surface area (Å²) in [6, 6.07) is 0. The Kier molecular flexibility index (Phi) is 3.59. The maximum atomic E-state index is 12.5. The number of nitrogens with two attached hydrogens (primary N) is 1. The van der Waals surface area contributed by atoms with Gasteiger partial charge in [-0.25, -0.2) is 0 Å². The Labute approximate surface area is 108 Å². The van der Waals surface area contributed by atoms with Crippen molar-refractivity contribution < 1.29 is 4.79 Å². The topological polar surface area (TPSA) is 83.8 Å². The zero-order chi connectivity index (χ0) is 13.2. The van der Waals surface area contributed by atoms with Gasteiger partial charge in [0.05, 0.1) is 11.9 Å². The normalized spacial score (nSPS) is 18.2. The Balaban J connectivity index is 2.11. The van der Waals surface area contributed by atoms with E-state index in [1.54, 1.807) is 0 Å². The largest absolute Gasteiger partial charge is 0.394 e. The molecule has 0 saturated heterocycles. The van der Waals surface area contributed by atoms with Crippen molar-refractivity contribution in [2.75, 3.05) is 11.1 Å². The van der Waals surface area contributed by atoms with E-state index in [-0.39, 0.29) is 11.3 Å². The number of aromatic nitrogens is 2. The minimum Gasteiger partial charge on any atom is -0.394 e. The lowest BCUT2D eigenvalue weighted by molar-refractivity contribution is -0.126. The number of carbonyl (C=O) groups excluding carboxylic acids is 1. The van der Waals surface area contributed by atoms with Crippen LogP contribution < -0.4 is 11.1 Å². The molecule has 0 radical (unpaired) electrons. The van der Waals surface area contributed by atoms with Crippen molar-refractivity contribution in [3.63, 3.8) is 0 Å². The molecule has 2 rings (SSSR count). The van der Waals surface area contributed by atoms with Gasteiger partial charge in [-0.3, -0.25) is 9.89 Å². The Bertz CT molecular complexity index is 418. The second-order valence-electron chi connectivity index (χ2n) is 5.74. The van der Waals surface area contributed by atoms with E-state index in [2.05, 4.69) is 29.4 Å². The van der Waals surface area contributed by atoms with Crippen molar-refractivity contribution in [3.8, 4) is 0 Å². The highest BCUT2D eigenvalue weighted by Gasteiger charge is 2.41. The summed E-state index contributed by atoms with van der Waals surface area (Å²) < 4.78 is 0. The summed E-state index contributed by atoms with van der Waals surface area (Å²) in [4.78, 5) is 12.5. The zero-order valence-electron chi connectivity index (χ0n) is 11.1. The number of nitrogens with zero attached hydrogens (tertiary/aromatic N) is 1. The van der Waals surface area contributed by atoms with Gasteiger partial charge in [0, 0.05) is 5.41 Å². The molecule has 1 aromatic rings. The SMILES string of the molecule is CC(C)CC1(C(=O)Nc2[nH]ncc2N)CCCC1. The summed E-state index contributed by atoms with van der Waals surface area (Å²) in [5.74, 6) is 1.13. The van der Waals surface area contributed by atoms with E-state index in [0.717, 1.165) is 32.1 Å². The third-order valence-corrected chi connectivity index (χ3v) is 3.75. The Hall–Kier alpha value is -1.52. The first-order valence-corrected chi connectivity index (χ1v) is 6.64. The van der Waals surface area contributed by atoms with Gasteiger partial charge in [0.25, 0.3) is 0 Å². The van der Waals surface area contributed by atoms with Crippen LogP contribution in [-0.4, -0.2) is 16.1 Å².